The van der Waals surface area contributed by atoms with E-state index in [1.807, 2.05) is 0 Å². The van der Waals surface area contributed by atoms with Crippen molar-refractivity contribution in [2.75, 3.05) is 26.7 Å². The number of likely N-dealkylation sites (N-methyl/N-ethyl adjacent to an activating group) is 1. The van der Waals surface area contributed by atoms with Crippen LogP contribution in [0.1, 0.15) is 52.4 Å². The van der Waals surface area contributed by atoms with E-state index in [-0.39, 0.29) is 5.54 Å². The Morgan fingerprint density at radius 3 is 2.70 bits per heavy atom. The molecule has 20 heavy (non-hydrogen) atoms. The fraction of sp³-hybridized carbons (Fsp3) is 0.938. The van der Waals surface area contributed by atoms with Crippen LogP contribution in [0.2, 0.25) is 0 Å². The lowest BCUT2D eigenvalue weighted by molar-refractivity contribution is -0.136. The Bertz CT molecular complexity index is 343. The zero-order chi connectivity index (χ0) is 14.8. The second-order valence-electron chi connectivity index (χ2n) is 7.38. The molecule has 2 atom stereocenters. The lowest BCUT2D eigenvalue weighted by Crippen LogP contribution is -2.58. The maximum absolute atomic E-state index is 12.4. The molecule has 0 radical (unpaired) electrons. The Morgan fingerprint density at radius 1 is 1.30 bits per heavy atom. The highest BCUT2D eigenvalue weighted by atomic mass is 16.2. The summed E-state index contributed by atoms with van der Waals surface area (Å²) in [5.74, 6) is 1.01. The first-order valence-corrected chi connectivity index (χ1v) is 8.13. The van der Waals surface area contributed by atoms with E-state index >= 15 is 0 Å². The molecule has 1 amide bonds. The van der Waals surface area contributed by atoms with Gasteiger partial charge in [0.15, 0.2) is 0 Å². The second-order valence-corrected chi connectivity index (χ2v) is 7.38. The van der Waals surface area contributed by atoms with E-state index in [0.29, 0.717) is 24.3 Å². The molecule has 1 aliphatic heterocycles. The molecule has 1 heterocycles. The molecule has 4 heteroatoms. The van der Waals surface area contributed by atoms with Gasteiger partial charge in [-0.15, -0.1) is 0 Å². The average molecular weight is 281 g/mol. The predicted molar refractivity (Wildman–Crippen MR) is 82.5 cm³/mol. The molecule has 2 aliphatic rings. The molecule has 4 nitrogen and oxygen atoms in total. The number of carbonyl (C=O) groups is 1. The third kappa shape index (κ3) is 3.95. The summed E-state index contributed by atoms with van der Waals surface area (Å²) in [6.07, 6.45) is 6.51. The van der Waals surface area contributed by atoms with E-state index in [9.17, 15) is 4.79 Å². The van der Waals surface area contributed by atoms with Crippen LogP contribution in [0.4, 0.5) is 0 Å². The minimum atomic E-state index is 0.0983. The van der Waals surface area contributed by atoms with E-state index in [1.165, 1.54) is 12.8 Å². The van der Waals surface area contributed by atoms with Crippen LogP contribution in [-0.4, -0.2) is 54.0 Å². The Labute approximate surface area is 123 Å². The molecule has 2 unspecified atom stereocenters. The van der Waals surface area contributed by atoms with Gasteiger partial charge in [-0.3, -0.25) is 9.69 Å². The van der Waals surface area contributed by atoms with Crippen LogP contribution in [-0.2, 0) is 4.79 Å². The number of nitrogens with zero attached hydrogens (tertiary/aromatic N) is 2. The summed E-state index contributed by atoms with van der Waals surface area (Å²) in [7, 11) is 2.14. The molecule has 1 aliphatic carbocycles. The monoisotopic (exact) mass is 281 g/mol. The zero-order valence-corrected chi connectivity index (χ0v) is 13.4. The minimum Gasteiger partial charge on any atom is -0.340 e. The van der Waals surface area contributed by atoms with Crippen LogP contribution in [0.3, 0.4) is 0 Å². The Hall–Kier alpha value is -0.610. The maximum Gasteiger partial charge on any atom is 0.222 e. The summed E-state index contributed by atoms with van der Waals surface area (Å²) in [4.78, 5) is 16.8. The lowest BCUT2D eigenvalue weighted by Gasteiger charge is -2.45. The largest absolute Gasteiger partial charge is 0.340 e. The summed E-state index contributed by atoms with van der Waals surface area (Å²) in [6.45, 7) is 7.14. The molecule has 2 N–H and O–H groups in total. The summed E-state index contributed by atoms with van der Waals surface area (Å²) in [6, 6.07) is 0.367. The van der Waals surface area contributed by atoms with Crippen LogP contribution in [0.15, 0.2) is 0 Å². The molecule has 0 aromatic rings. The SMILES string of the molecule is CN1CCN(C(=O)CCC2CCCC(N)C2)CC1(C)C. The molecule has 116 valence electrons. The highest BCUT2D eigenvalue weighted by Crippen LogP contribution is 2.27. The normalized spacial score (nSPS) is 31.3. The fourth-order valence-electron chi connectivity index (χ4n) is 3.53. The van der Waals surface area contributed by atoms with Crippen molar-refractivity contribution in [1.29, 1.82) is 0 Å². The van der Waals surface area contributed by atoms with E-state index in [0.717, 1.165) is 38.9 Å². The van der Waals surface area contributed by atoms with Crippen molar-refractivity contribution in [3.05, 3.63) is 0 Å². The topological polar surface area (TPSA) is 49.6 Å². The molecule has 0 aromatic heterocycles. The van der Waals surface area contributed by atoms with Crippen molar-refractivity contribution in [2.24, 2.45) is 11.7 Å². The molecule has 0 bridgehead atoms. The second kappa shape index (κ2) is 6.44. The first kappa shape index (κ1) is 15.8. The minimum absolute atomic E-state index is 0.0983. The Morgan fingerprint density at radius 2 is 2.05 bits per heavy atom. The van der Waals surface area contributed by atoms with Gasteiger partial charge in [0.25, 0.3) is 0 Å². The number of piperazine rings is 1. The first-order chi connectivity index (χ1) is 9.38. The maximum atomic E-state index is 12.4. The predicted octanol–water partition coefficient (Wildman–Crippen LogP) is 1.84. The van der Waals surface area contributed by atoms with Gasteiger partial charge in [0.1, 0.15) is 0 Å². The number of hydrogen-bond donors (Lipinski definition) is 1. The van der Waals surface area contributed by atoms with Crippen molar-refractivity contribution >= 4 is 5.91 Å². The lowest BCUT2D eigenvalue weighted by atomic mass is 9.83. The van der Waals surface area contributed by atoms with Gasteiger partial charge in [-0.25, -0.2) is 0 Å². The van der Waals surface area contributed by atoms with Crippen LogP contribution in [0.5, 0.6) is 0 Å². The molecular formula is C16H31N3O. The molecule has 2 fully saturated rings. The van der Waals surface area contributed by atoms with Crippen molar-refractivity contribution in [1.82, 2.24) is 9.80 Å². The van der Waals surface area contributed by atoms with Crippen molar-refractivity contribution in [3.63, 3.8) is 0 Å². The fourth-order valence-corrected chi connectivity index (χ4v) is 3.53. The van der Waals surface area contributed by atoms with Crippen LogP contribution >= 0.6 is 0 Å². The molecule has 0 aromatic carbocycles. The summed E-state index contributed by atoms with van der Waals surface area (Å²) in [5.41, 5.74) is 6.12. The number of amides is 1. The molecule has 1 saturated carbocycles. The highest BCUT2D eigenvalue weighted by molar-refractivity contribution is 5.76. The molecule has 0 spiro atoms. The molecular weight excluding hydrogens is 250 g/mol. The summed E-state index contributed by atoms with van der Waals surface area (Å²) in [5, 5.41) is 0. The van der Waals surface area contributed by atoms with Gasteiger partial charge < -0.3 is 10.6 Å². The summed E-state index contributed by atoms with van der Waals surface area (Å²) < 4.78 is 0. The smallest absolute Gasteiger partial charge is 0.222 e. The third-order valence-electron chi connectivity index (χ3n) is 5.26. The van der Waals surface area contributed by atoms with Crippen molar-refractivity contribution in [2.45, 2.75) is 64.0 Å². The third-order valence-corrected chi connectivity index (χ3v) is 5.26. The first-order valence-electron chi connectivity index (χ1n) is 8.13. The van der Waals surface area contributed by atoms with Gasteiger partial charge in [0.05, 0.1) is 0 Å². The van der Waals surface area contributed by atoms with Crippen LogP contribution in [0.25, 0.3) is 0 Å². The van der Waals surface area contributed by atoms with E-state index in [1.54, 1.807) is 0 Å². The van der Waals surface area contributed by atoms with Crippen molar-refractivity contribution in [3.8, 4) is 0 Å². The zero-order valence-electron chi connectivity index (χ0n) is 13.4. The van der Waals surface area contributed by atoms with Gasteiger partial charge in [0, 0.05) is 37.6 Å². The van der Waals surface area contributed by atoms with Crippen LogP contribution < -0.4 is 5.73 Å². The van der Waals surface area contributed by atoms with Gasteiger partial charge in [0.2, 0.25) is 5.91 Å². The van der Waals surface area contributed by atoms with Gasteiger partial charge in [-0.05, 0) is 46.1 Å². The average Bonchev–Trinajstić information content (AvgIpc) is 2.39. The molecule has 2 rings (SSSR count). The van der Waals surface area contributed by atoms with Gasteiger partial charge >= 0.3 is 0 Å². The van der Waals surface area contributed by atoms with Crippen molar-refractivity contribution < 1.29 is 4.79 Å². The van der Waals surface area contributed by atoms with E-state index in [2.05, 4.69) is 30.7 Å². The number of nitrogens with two attached hydrogens (primary N) is 1. The highest BCUT2D eigenvalue weighted by Gasteiger charge is 2.33. The van der Waals surface area contributed by atoms with Crippen LogP contribution in [0, 0.1) is 5.92 Å². The van der Waals surface area contributed by atoms with Gasteiger partial charge in [-0.2, -0.15) is 0 Å². The quantitative estimate of drug-likeness (QED) is 0.858. The van der Waals surface area contributed by atoms with E-state index in [4.69, 9.17) is 5.73 Å². The Kier molecular flexibility index (Phi) is 5.08. The number of carbonyl (C=O) groups excluding carboxylic acids is 1. The molecule has 1 saturated heterocycles. The number of hydrogen-bond acceptors (Lipinski definition) is 3. The standard InChI is InChI=1S/C16H31N3O/c1-16(2)12-19(10-9-18(16)3)15(20)8-7-13-5-4-6-14(17)11-13/h13-14H,4-12,17H2,1-3H3. The van der Waals surface area contributed by atoms with E-state index < -0.39 is 0 Å². The summed E-state index contributed by atoms with van der Waals surface area (Å²) >= 11 is 0. The Balaban J connectivity index is 1.77. The number of rotatable bonds is 3. The van der Waals surface area contributed by atoms with Gasteiger partial charge in [-0.1, -0.05) is 12.8 Å².